The number of piperazine rings is 1. The summed E-state index contributed by atoms with van der Waals surface area (Å²) in [6.45, 7) is 7.87. The van der Waals surface area contributed by atoms with Crippen LogP contribution in [0.2, 0.25) is 0 Å². The third-order valence-electron chi connectivity index (χ3n) is 2.71. The third kappa shape index (κ3) is 3.46. The van der Waals surface area contributed by atoms with E-state index in [0.29, 0.717) is 13.1 Å². The van der Waals surface area contributed by atoms with Crippen molar-refractivity contribution in [2.75, 3.05) is 19.6 Å². The monoisotopic (exact) mass is 268 g/mol. The lowest BCUT2D eigenvalue weighted by Gasteiger charge is -2.34. The quantitative estimate of drug-likeness (QED) is 0.851. The molecule has 1 amide bonds. The molecule has 1 N–H and O–H groups in total. The second-order valence-electron chi connectivity index (χ2n) is 5.45. The largest absolute Gasteiger partial charge is 0.444 e. The van der Waals surface area contributed by atoms with Gasteiger partial charge in [-0.15, -0.1) is 11.3 Å². The molecule has 18 heavy (non-hydrogen) atoms. The van der Waals surface area contributed by atoms with Crippen molar-refractivity contribution in [2.24, 2.45) is 0 Å². The number of carbonyl (C=O) groups excluding carboxylic acids is 1. The van der Waals surface area contributed by atoms with Crippen LogP contribution in [0.5, 0.6) is 0 Å². The van der Waals surface area contributed by atoms with Gasteiger partial charge in [0.1, 0.15) is 5.60 Å². The summed E-state index contributed by atoms with van der Waals surface area (Å²) in [5.41, 5.74) is -0.430. The van der Waals surface area contributed by atoms with E-state index in [2.05, 4.69) is 16.8 Å². The van der Waals surface area contributed by atoms with Crippen LogP contribution in [0.3, 0.4) is 0 Å². The molecule has 0 bridgehead atoms. The lowest BCUT2D eigenvalue weighted by atomic mass is 10.2. The maximum atomic E-state index is 12.0. The summed E-state index contributed by atoms with van der Waals surface area (Å²) >= 11 is 1.72. The Balaban J connectivity index is 1.96. The van der Waals surface area contributed by atoms with Crippen LogP contribution in [-0.4, -0.2) is 36.2 Å². The summed E-state index contributed by atoms with van der Waals surface area (Å²) in [5, 5.41) is 5.49. The number of hydrogen-bond donors (Lipinski definition) is 1. The van der Waals surface area contributed by atoms with E-state index in [1.165, 1.54) is 4.88 Å². The first-order valence-electron chi connectivity index (χ1n) is 6.20. The molecule has 1 saturated heterocycles. The predicted molar refractivity (Wildman–Crippen MR) is 72.9 cm³/mol. The van der Waals surface area contributed by atoms with Crippen LogP contribution < -0.4 is 5.32 Å². The van der Waals surface area contributed by atoms with Crippen LogP contribution in [0.25, 0.3) is 0 Å². The van der Waals surface area contributed by atoms with Gasteiger partial charge < -0.3 is 15.0 Å². The third-order valence-corrected chi connectivity index (χ3v) is 3.70. The summed E-state index contributed by atoms with van der Waals surface area (Å²) in [7, 11) is 0. The van der Waals surface area contributed by atoms with Crippen molar-refractivity contribution in [2.45, 2.75) is 32.4 Å². The number of amides is 1. The first kappa shape index (κ1) is 13.4. The first-order chi connectivity index (χ1) is 8.46. The molecule has 1 aromatic heterocycles. The molecule has 1 aliphatic rings. The van der Waals surface area contributed by atoms with Gasteiger partial charge in [-0.1, -0.05) is 6.07 Å². The molecule has 0 aromatic carbocycles. The number of hydrogen-bond acceptors (Lipinski definition) is 4. The molecule has 100 valence electrons. The molecule has 0 radical (unpaired) electrons. The second-order valence-corrected chi connectivity index (χ2v) is 6.43. The van der Waals surface area contributed by atoms with Gasteiger partial charge in [0.15, 0.2) is 0 Å². The van der Waals surface area contributed by atoms with Crippen molar-refractivity contribution < 1.29 is 9.53 Å². The lowest BCUT2D eigenvalue weighted by molar-refractivity contribution is 0.0196. The molecule has 2 rings (SSSR count). The van der Waals surface area contributed by atoms with Gasteiger partial charge in [0.2, 0.25) is 0 Å². The van der Waals surface area contributed by atoms with Gasteiger partial charge in [0, 0.05) is 24.5 Å². The fourth-order valence-corrected chi connectivity index (χ4v) is 2.72. The summed E-state index contributed by atoms with van der Waals surface area (Å²) in [6, 6.07) is 4.36. The van der Waals surface area contributed by atoms with E-state index in [1.807, 2.05) is 26.8 Å². The molecule has 0 spiro atoms. The van der Waals surface area contributed by atoms with E-state index >= 15 is 0 Å². The minimum atomic E-state index is -0.430. The average Bonchev–Trinajstić information content (AvgIpc) is 2.80. The van der Waals surface area contributed by atoms with Crippen molar-refractivity contribution in [3.63, 3.8) is 0 Å². The van der Waals surface area contributed by atoms with Crippen LogP contribution in [0.1, 0.15) is 31.7 Å². The molecule has 1 aromatic rings. The van der Waals surface area contributed by atoms with Crippen LogP contribution in [0.4, 0.5) is 4.79 Å². The Morgan fingerprint density at radius 1 is 1.56 bits per heavy atom. The zero-order valence-electron chi connectivity index (χ0n) is 11.1. The van der Waals surface area contributed by atoms with Gasteiger partial charge >= 0.3 is 6.09 Å². The lowest BCUT2D eigenvalue weighted by Crippen LogP contribution is -2.49. The SMILES string of the molecule is CC(C)(C)OC(=O)N1CCN[C@H](c2cccs2)C1. The van der Waals surface area contributed by atoms with Crippen LogP contribution in [0, 0.1) is 0 Å². The van der Waals surface area contributed by atoms with Crippen molar-refractivity contribution in [3.8, 4) is 0 Å². The molecule has 1 aliphatic heterocycles. The Kier molecular flexibility index (Phi) is 3.92. The highest BCUT2D eigenvalue weighted by Gasteiger charge is 2.28. The number of nitrogens with zero attached hydrogens (tertiary/aromatic N) is 1. The zero-order chi connectivity index (χ0) is 13.2. The first-order valence-corrected chi connectivity index (χ1v) is 7.08. The molecule has 1 atom stereocenters. The average molecular weight is 268 g/mol. The summed E-state index contributed by atoms with van der Waals surface area (Å²) in [4.78, 5) is 15.1. The van der Waals surface area contributed by atoms with Crippen molar-refractivity contribution in [1.82, 2.24) is 10.2 Å². The Morgan fingerprint density at radius 3 is 2.94 bits per heavy atom. The van der Waals surface area contributed by atoms with E-state index < -0.39 is 5.60 Å². The van der Waals surface area contributed by atoms with Crippen LogP contribution in [-0.2, 0) is 4.74 Å². The topological polar surface area (TPSA) is 41.6 Å². The Labute approximate surface area is 112 Å². The Bertz CT molecular complexity index is 398. The van der Waals surface area contributed by atoms with Crippen LogP contribution >= 0.6 is 11.3 Å². The van der Waals surface area contributed by atoms with Gasteiger partial charge in [-0.25, -0.2) is 4.79 Å². The van der Waals surface area contributed by atoms with Gasteiger partial charge in [0.25, 0.3) is 0 Å². The number of carbonyl (C=O) groups is 1. The minimum Gasteiger partial charge on any atom is -0.444 e. The molecule has 0 aliphatic carbocycles. The molecule has 1 fully saturated rings. The summed E-state index contributed by atoms with van der Waals surface area (Å²) in [6.07, 6.45) is -0.217. The molecular weight excluding hydrogens is 248 g/mol. The van der Waals surface area contributed by atoms with Crippen LogP contribution in [0.15, 0.2) is 17.5 Å². The minimum absolute atomic E-state index is 0.217. The number of rotatable bonds is 1. The summed E-state index contributed by atoms with van der Waals surface area (Å²) in [5.74, 6) is 0. The van der Waals surface area contributed by atoms with Crippen molar-refractivity contribution >= 4 is 17.4 Å². The van der Waals surface area contributed by atoms with E-state index in [-0.39, 0.29) is 12.1 Å². The fourth-order valence-electron chi connectivity index (χ4n) is 1.92. The van der Waals surface area contributed by atoms with Gasteiger partial charge in [-0.05, 0) is 32.2 Å². The normalized spacial score (nSPS) is 20.8. The number of nitrogens with one attached hydrogen (secondary N) is 1. The highest BCUT2D eigenvalue weighted by molar-refractivity contribution is 7.10. The maximum Gasteiger partial charge on any atom is 0.410 e. The highest BCUT2D eigenvalue weighted by atomic mass is 32.1. The Morgan fingerprint density at radius 2 is 2.33 bits per heavy atom. The van der Waals surface area contributed by atoms with Gasteiger partial charge in [0.05, 0.1) is 6.04 Å². The summed E-state index contributed by atoms with van der Waals surface area (Å²) < 4.78 is 5.41. The Hall–Kier alpha value is -1.07. The van der Waals surface area contributed by atoms with E-state index in [1.54, 1.807) is 16.2 Å². The molecular formula is C13H20N2O2S. The predicted octanol–water partition coefficient (Wildman–Crippen LogP) is 2.63. The van der Waals surface area contributed by atoms with E-state index in [4.69, 9.17) is 4.74 Å². The van der Waals surface area contributed by atoms with E-state index in [9.17, 15) is 4.79 Å². The van der Waals surface area contributed by atoms with Crippen molar-refractivity contribution in [3.05, 3.63) is 22.4 Å². The van der Waals surface area contributed by atoms with Crippen molar-refractivity contribution in [1.29, 1.82) is 0 Å². The highest BCUT2D eigenvalue weighted by Crippen LogP contribution is 2.22. The van der Waals surface area contributed by atoms with Gasteiger partial charge in [-0.2, -0.15) is 0 Å². The number of ether oxygens (including phenoxy) is 1. The molecule has 0 saturated carbocycles. The fraction of sp³-hybridized carbons (Fsp3) is 0.615. The zero-order valence-corrected chi connectivity index (χ0v) is 11.9. The number of thiophene rings is 1. The molecule has 0 unspecified atom stereocenters. The molecule has 2 heterocycles. The maximum absolute atomic E-state index is 12.0. The molecule has 5 heteroatoms. The van der Waals surface area contributed by atoms with Gasteiger partial charge in [-0.3, -0.25) is 0 Å². The van der Waals surface area contributed by atoms with E-state index in [0.717, 1.165) is 6.54 Å². The second kappa shape index (κ2) is 5.28. The molecule has 4 nitrogen and oxygen atoms in total. The standard InChI is InChI=1S/C13H20N2O2S/c1-13(2,3)17-12(16)15-7-6-14-10(9-15)11-5-4-8-18-11/h4-5,8,10,14H,6-7,9H2,1-3H3/t10-/m0/s1. The smallest absolute Gasteiger partial charge is 0.410 e.